The van der Waals surface area contributed by atoms with Gasteiger partial charge in [0.05, 0.1) is 23.9 Å². The van der Waals surface area contributed by atoms with Crippen LogP contribution in [-0.2, 0) is 4.79 Å². The van der Waals surface area contributed by atoms with E-state index < -0.39 is 0 Å². The van der Waals surface area contributed by atoms with Crippen LogP contribution in [0.15, 0.2) is 47.6 Å². The van der Waals surface area contributed by atoms with Crippen LogP contribution >= 0.6 is 35.6 Å². The Balaban J connectivity index is 0.00000259. The molecule has 2 aromatic rings. The van der Waals surface area contributed by atoms with Gasteiger partial charge in [-0.1, -0.05) is 41.8 Å². The van der Waals surface area contributed by atoms with Gasteiger partial charge in [0.1, 0.15) is 11.5 Å². The van der Waals surface area contributed by atoms with Crippen LogP contribution in [0.25, 0.3) is 0 Å². The van der Waals surface area contributed by atoms with Gasteiger partial charge < -0.3 is 4.74 Å². The standard InChI is InChI=1S/C24H26Cl2N4O2.ClH/c1-32-19-8-5-15(6-9-19)23-12-21(27-30(23)22-10-7-18(25)11-20(22)26)24(31)28-29-13-16-3-2-4-17(16)14-29;/h5-11,16-17,23H,2-4,12-14H2,1H3,(H,28,31);1H. The first-order valence-electron chi connectivity index (χ1n) is 11.0. The van der Waals surface area contributed by atoms with E-state index in [0.29, 0.717) is 34.0 Å². The summed E-state index contributed by atoms with van der Waals surface area (Å²) in [5.74, 6) is 2.05. The average Bonchev–Trinajstić information content (AvgIpc) is 3.49. The zero-order valence-electron chi connectivity index (χ0n) is 18.3. The second-order valence-corrected chi connectivity index (χ2v) is 9.62. The fourth-order valence-corrected chi connectivity index (χ4v) is 5.65. The number of carbonyl (C=O) groups excluding carboxylic acids is 1. The van der Waals surface area contributed by atoms with Crippen molar-refractivity contribution in [1.29, 1.82) is 0 Å². The first kappa shape index (κ1) is 24.1. The maximum atomic E-state index is 13.1. The molecule has 1 aliphatic carbocycles. The Morgan fingerprint density at radius 2 is 1.79 bits per heavy atom. The molecule has 0 bridgehead atoms. The van der Waals surface area contributed by atoms with Gasteiger partial charge in [0.2, 0.25) is 0 Å². The van der Waals surface area contributed by atoms with E-state index in [0.717, 1.165) is 30.1 Å². The lowest BCUT2D eigenvalue weighted by Crippen LogP contribution is -2.44. The van der Waals surface area contributed by atoms with Gasteiger partial charge in [0.15, 0.2) is 0 Å². The van der Waals surface area contributed by atoms with Crippen LogP contribution in [-0.4, -0.2) is 36.8 Å². The van der Waals surface area contributed by atoms with Crippen molar-refractivity contribution in [1.82, 2.24) is 10.4 Å². The topological polar surface area (TPSA) is 57.2 Å². The fraction of sp³-hybridized carbons (Fsp3) is 0.417. The molecule has 2 aromatic carbocycles. The zero-order valence-corrected chi connectivity index (χ0v) is 20.7. The van der Waals surface area contributed by atoms with Crippen LogP contribution in [0.5, 0.6) is 5.75 Å². The van der Waals surface area contributed by atoms with Crippen molar-refractivity contribution in [2.24, 2.45) is 16.9 Å². The summed E-state index contributed by atoms with van der Waals surface area (Å²) in [6.07, 6.45) is 4.32. The van der Waals surface area contributed by atoms with E-state index in [-0.39, 0.29) is 24.4 Å². The molecule has 1 amide bonds. The lowest BCUT2D eigenvalue weighted by Gasteiger charge is -2.25. The van der Waals surface area contributed by atoms with E-state index in [4.69, 9.17) is 33.0 Å². The monoisotopic (exact) mass is 508 g/mol. The van der Waals surface area contributed by atoms with Crippen molar-refractivity contribution in [3.05, 3.63) is 58.1 Å². The molecule has 2 heterocycles. The van der Waals surface area contributed by atoms with Crippen molar-refractivity contribution in [2.45, 2.75) is 31.7 Å². The summed E-state index contributed by atoms with van der Waals surface area (Å²) in [5, 5.41) is 9.66. The van der Waals surface area contributed by atoms with Crippen molar-refractivity contribution >= 4 is 52.9 Å². The Kier molecular flexibility index (Phi) is 7.39. The summed E-state index contributed by atoms with van der Waals surface area (Å²) in [5.41, 5.74) is 5.34. The molecule has 6 nitrogen and oxygen atoms in total. The third kappa shape index (κ3) is 4.94. The van der Waals surface area contributed by atoms with Gasteiger partial charge in [0.25, 0.3) is 5.91 Å². The molecular formula is C24H27Cl3N4O2. The predicted molar refractivity (Wildman–Crippen MR) is 135 cm³/mol. The minimum Gasteiger partial charge on any atom is -0.497 e. The van der Waals surface area contributed by atoms with Crippen molar-refractivity contribution < 1.29 is 9.53 Å². The summed E-state index contributed by atoms with van der Waals surface area (Å²) < 4.78 is 5.29. The number of benzene rings is 2. The van der Waals surface area contributed by atoms with Crippen LogP contribution < -0.4 is 15.2 Å². The Labute approximate surface area is 210 Å². The molecule has 176 valence electrons. The second kappa shape index (κ2) is 10.1. The van der Waals surface area contributed by atoms with Gasteiger partial charge in [-0.05, 0) is 60.6 Å². The minimum atomic E-state index is -0.154. The summed E-state index contributed by atoms with van der Waals surface area (Å²) in [6.45, 7) is 1.86. The maximum Gasteiger partial charge on any atom is 0.281 e. The molecule has 2 aliphatic heterocycles. The number of hydrogen-bond acceptors (Lipinski definition) is 5. The molecule has 1 N–H and O–H groups in total. The zero-order chi connectivity index (χ0) is 22.2. The molecule has 5 rings (SSSR count). The normalized spacial score (nSPS) is 24.3. The van der Waals surface area contributed by atoms with E-state index in [1.807, 2.05) is 35.3 Å². The molecule has 3 aliphatic rings. The van der Waals surface area contributed by atoms with E-state index in [1.165, 1.54) is 19.3 Å². The molecule has 0 aromatic heterocycles. The molecule has 0 radical (unpaired) electrons. The minimum absolute atomic E-state index is 0. The van der Waals surface area contributed by atoms with Gasteiger partial charge in [-0.25, -0.2) is 5.01 Å². The third-order valence-electron chi connectivity index (χ3n) is 6.82. The first-order valence-corrected chi connectivity index (χ1v) is 11.8. The van der Waals surface area contributed by atoms with Gasteiger partial charge in [-0.2, -0.15) is 5.10 Å². The Hall–Kier alpha value is -1.99. The molecule has 33 heavy (non-hydrogen) atoms. The van der Waals surface area contributed by atoms with Gasteiger partial charge in [-0.3, -0.25) is 15.2 Å². The number of nitrogens with one attached hydrogen (secondary N) is 1. The number of hydrazone groups is 1. The lowest BCUT2D eigenvalue weighted by molar-refractivity contribution is -0.119. The van der Waals surface area contributed by atoms with Gasteiger partial charge in [-0.15, -0.1) is 12.4 Å². The third-order valence-corrected chi connectivity index (χ3v) is 7.35. The Morgan fingerprint density at radius 1 is 1.09 bits per heavy atom. The van der Waals surface area contributed by atoms with E-state index >= 15 is 0 Å². The SMILES string of the molecule is COc1ccc(C2CC(C(=O)NN3CC4CCCC4C3)=NN2c2ccc(Cl)cc2Cl)cc1.Cl. The summed E-state index contributed by atoms with van der Waals surface area (Å²) in [7, 11) is 1.64. The van der Waals surface area contributed by atoms with Crippen molar-refractivity contribution in [2.75, 3.05) is 25.2 Å². The van der Waals surface area contributed by atoms with E-state index in [1.54, 1.807) is 19.2 Å². The summed E-state index contributed by atoms with van der Waals surface area (Å²) in [4.78, 5) is 13.1. The highest BCUT2D eigenvalue weighted by molar-refractivity contribution is 6.40. The van der Waals surface area contributed by atoms with Crippen LogP contribution in [0, 0.1) is 11.8 Å². The Morgan fingerprint density at radius 3 is 2.42 bits per heavy atom. The molecule has 1 saturated heterocycles. The average molecular weight is 510 g/mol. The Bertz CT molecular complexity index is 1030. The number of fused-ring (bicyclic) bond motifs is 1. The number of anilines is 1. The van der Waals surface area contributed by atoms with Crippen LogP contribution in [0.2, 0.25) is 10.0 Å². The number of methoxy groups -OCH3 is 1. The molecular weight excluding hydrogens is 483 g/mol. The lowest BCUT2D eigenvalue weighted by atomic mass is 10.0. The van der Waals surface area contributed by atoms with E-state index in [9.17, 15) is 4.79 Å². The number of hydrogen-bond donors (Lipinski definition) is 1. The fourth-order valence-electron chi connectivity index (χ4n) is 5.16. The van der Waals surface area contributed by atoms with Crippen molar-refractivity contribution in [3.8, 4) is 5.75 Å². The highest BCUT2D eigenvalue weighted by Gasteiger charge is 2.38. The number of hydrazine groups is 1. The number of amides is 1. The summed E-state index contributed by atoms with van der Waals surface area (Å²) >= 11 is 12.6. The van der Waals surface area contributed by atoms with E-state index in [2.05, 4.69) is 10.4 Å². The van der Waals surface area contributed by atoms with Crippen LogP contribution in [0.1, 0.15) is 37.3 Å². The number of carbonyl (C=O) groups is 1. The maximum absolute atomic E-state index is 13.1. The molecule has 3 unspecified atom stereocenters. The number of rotatable bonds is 5. The molecule has 2 fully saturated rings. The number of halogens is 3. The van der Waals surface area contributed by atoms with Crippen LogP contribution in [0.4, 0.5) is 5.69 Å². The predicted octanol–water partition coefficient (Wildman–Crippen LogP) is 5.49. The van der Waals surface area contributed by atoms with Gasteiger partial charge >= 0.3 is 0 Å². The molecule has 3 atom stereocenters. The summed E-state index contributed by atoms with van der Waals surface area (Å²) in [6, 6.07) is 13.0. The smallest absolute Gasteiger partial charge is 0.281 e. The largest absolute Gasteiger partial charge is 0.497 e. The van der Waals surface area contributed by atoms with Crippen molar-refractivity contribution in [3.63, 3.8) is 0 Å². The van der Waals surface area contributed by atoms with Gasteiger partial charge in [0, 0.05) is 24.5 Å². The second-order valence-electron chi connectivity index (χ2n) is 8.78. The highest BCUT2D eigenvalue weighted by atomic mass is 35.5. The first-order chi connectivity index (χ1) is 15.5. The highest BCUT2D eigenvalue weighted by Crippen LogP contribution is 2.40. The number of ether oxygens (including phenoxy) is 1. The van der Waals surface area contributed by atoms with Crippen LogP contribution in [0.3, 0.4) is 0 Å². The quantitative estimate of drug-likeness (QED) is 0.579. The molecule has 1 saturated carbocycles. The molecule has 9 heteroatoms. The molecule has 0 spiro atoms. The number of nitrogens with zero attached hydrogens (tertiary/aromatic N) is 3.